The van der Waals surface area contributed by atoms with Crippen LogP contribution in [0.15, 0.2) is 145 Å². The Balaban J connectivity index is 1.27. The molecule has 0 bridgehead atoms. The first kappa shape index (κ1) is 34.4. The number of phenols is 1. The second-order valence-corrected chi connectivity index (χ2v) is 17.0. The van der Waals surface area contributed by atoms with E-state index in [0.29, 0.717) is 5.75 Å². The van der Waals surface area contributed by atoms with Gasteiger partial charge in [-0.3, -0.25) is 0 Å². The van der Waals surface area contributed by atoms with Gasteiger partial charge in [0.25, 0.3) is 0 Å². The normalized spacial score (nSPS) is 11.8. The van der Waals surface area contributed by atoms with Crippen LogP contribution in [0.25, 0.3) is 31.3 Å². The predicted molar refractivity (Wildman–Crippen MR) is 222 cm³/mol. The Hall–Kier alpha value is -5.10. The van der Waals surface area contributed by atoms with Gasteiger partial charge in [-0.2, -0.15) is 0 Å². The van der Waals surface area contributed by atoms with Gasteiger partial charge in [0.1, 0.15) is 5.75 Å². The van der Waals surface area contributed by atoms with Crippen molar-refractivity contribution in [2.45, 2.75) is 52.4 Å². The summed E-state index contributed by atoms with van der Waals surface area (Å²) in [5.41, 5.74) is 10.3. The zero-order valence-corrected chi connectivity index (χ0v) is 31.7. The number of phenolic OH excluding ortho intramolecular Hbond substituents is 1. The summed E-state index contributed by atoms with van der Waals surface area (Å²) in [4.78, 5) is 5.87. The minimum Gasteiger partial charge on any atom is -0.505 e. The summed E-state index contributed by atoms with van der Waals surface area (Å²) in [5.74, 6) is 0.302. The molecule has 3 nitrogen and oxygen atoms in total. The van der Waals surface area contributed by atoms with E-state index >= 15 is 0 Å². The number of nitrogens with one attached hydrogen (secondary N) is 1. The molecule has 0 spiro atoms. The molecule has 0 atom stereocenters. The summed E-state index contributed by atoms with van der Waals surface area (Å²) in [6.07, 6.45) is 0. The van der Waals surface area contributed by atoms with Crippen LogP contribution in [0.2, 0.25) is 0 Å². The van der Waals surface area contributed by atoms with Crippen molar-refractivity contribution < 1.29 is 5.11 Å². The van der Waals surface area contributed by atoms with Crippen LogP contribution in [0.1, 0.15) is 52.7 Å². The summed E-state index contributed by atoms with van der Waals surface area (Å²) >= 11 is 3.53. The van der Waals surface area contributed by atoms with Gasteiger partial charge < -0.3 is 15.3 Å². The highest BCUT2D eigenvalue weighted by atomic mass is 32.1. The van der Waals surface area contributed by atoms with Crippen molar-refractivity contribution in [3.63, 3.8) is 0 Å². The number of hydrogen-bond donors (Lipinski definition) is 2. The van der Waals surface area contributed by atoms with Crippen molar-refractivity contribution in [3.8, 4) is 37.1 Å². The van der Waals surface area contributed by atoms with Crippen LogP contribution in [0, 0.1) is 0 Å². The van der Waals surface area contributed by atoms with Gasteiger partial charge in [0, 0.05) is 48.5 Å². The van der Waals surface area contributed by atoms with Gasteiger partial charge in [0.15, 0.2) is 0 Å². The molecule has 0 saturated heterocycles. The summed E-state index contributed by atoms with van der Waals surface area (Å²) in [7, 11) is 0. The molecular formula is C46H44N2OS2. The van der Waals surface area contributed by atoms with E-state index in [1.165, 1.54) is 26.4 Å². The zero-order chi connectivity index (χ0) is 35.8. The van der Waals surface area contributed by atoms with Crippen LogP contribution < -0.4 is 10.2 Å². The van der Waals surface area contributed by atoms with E-state index < -0.39 is 0 Å². The molecule has 51 heavy (non-hydrogen) atoms. The van der Waals surface area contributed by atoms with Crippen LogP contribution in [-0.2, 0) is 10.8 Å². The SMILES string of the molecule is CC(C)(C)c1cc(Nc2ccc(-c3cccs3)cc2-c2ccc(-c3ccc(N(c4ccccc4)c4ccccc4)cc3)s2)c(O)c(C(C)(C)C)c1. The van der Waals surface area contributed by atoms with Gasteiger partial charge >= 0.3 is 0 Å². The third-order valence-corrected chi connectivity index (χ3v) is 11.3. The van der Waals surface area contributed by atoms with Crippen LogP contribution in [-0.4, -0.2) is 5.11 Å². The summed E-state index contributed by atoms with van der Waals surface area (Å²) < 4.78 is 0. The van der Waals surface area contributed by atoms with Crippen molar-refractivity contribution in [1.29, 1.82) is 0 Å². The van der Waals surface area contributed by atoms with E-state index in [4.69, 9.17) is 0 Å². The fourth-order valence-corrected chi connectivity index (χ4v) is 8.11. The lowest BCUT2D eigenvalue weighted by molar-refractivity contribution is 0.447. The van der Waals surface area contributed by atoms with Crippen LogP contribution in [0.4, 0.5) is 28.4 Å². The van der Waals surface area contributed by atoms with E-state index in [2.05, 4.69) is 197 Å². The summed E-state index contributed by atoms with van der Waals surface area (Å²) in [6.45, 7) is 13.1. The minimum absolute atomic E-state index is 0.0760. The van der Waals surface area contributed by atoms with Gasteiger partial charge in [0.05, 0.1) is 5.69 Å². The first-order valence-corrected chi connectivity index (χ1v) is 19.1. The number of anilines is 5. The van der Waals surface area contributed by atoms with Gasteiger partial charge in [-0.25, -0.2) is 0 Å². The van der Waals surface area contributed by atoms with E-state index in [1.807, 2.05) is 0 Å². The largest absolute Gasteiger partial charge is 0.505 e. The van der Waals surface area contributed by atoms with E-state index in [0.717, 1.165) is 44.4 Å². The number of thiophene rings is 2. The number of benzene rings is 5. The van der Waals surface area contributed by atoms with Gasteiger partial charge in [0.2, 0.25) is 0 Å². The fourth-order valence-electron chi connectivity index (χ4n) is 6.35. The molecule has 0 aliphatic rings. The molecule has 7 aromatic rings. The minimum atomic E-state index is -0.217. The average molecular weight is 705 g/mol. The molecule has 0 fully saturated rings. The van der Waals surface area contributed by atoms with Crippen LogP contribution >= 0.6 is 22.7 Å². The highest BCUT2D eigenvalue weighted by molar-refractivity contribution is 7.19. The van der Waals surface area contributed by atoms with Crippen molar-refractivity contribution in [1.82, 2.24) is 0 Å². The lowest BCUT2D eigenvalue weighted by Gasteiger charge is -2.28. The van der Waals surface area contributed by atoms with E-state index in [1.54, 1.807) is 22.7 Å². The Labute approximate surface area is 310 Å². The standard InChI is InChI=1S/C46H44N2OS2/c1-45(2,3)33-29-38(46(4,5)6)44(49)40(30-33)47-39-24-21-32(41-18-13-27-50-41)28-37(39)43-26-25-42(51-43)31-19-22-36(23-20-31)48(34-14-9-7-10-15-34)35-16-11-8-12-17-35/h7-30,47,49H,1-6H3. The molecule has 5 heteroatoms. The summed E-state index contributed by atoms with van der Waals surface area (Å²) in [6, 6.07) is 49.4. The number of nitrogens with zero attached hydrogens (tertiary/aromatic N) is 1. The summed E-state index contributed by atoms with van der Waals surface area (Å²) in [5, 5.41) is 17.5. The molecule has 2 N–H and O–H groups in total. The molecule has 0 amide bonds. The average Bonchev–Trinajstić information content (AvgIpc) is 3.84. The number of aromatic hydroxyl groups is 1. The third kappa shape index (κ3) is 7.37. The van der Waals surface area contributed by atoms with Crippen molar-refractivity contribution in [3.05, 3.63) is 156 Å². The maximum atomic E-state index is 11.6. The molecule has 7 rings (SSSR count). The topological polar surface area (TPSA) is 35.5 Å². The Morgan fingerprint density at radius 2 is 1.14 bits per heavy atom. The maximum absolute atomic E-state index is 11.6. The van der Waals surface area contributed by atoms with E-state index in [9.17, 15) is 5.11 Å². The highest BCUT2D eigenvalue weighted by Gasteiger charge is 2.26. The molecule has 5 aromatic carbocycles. The quantitative estimate of drug-likeness (QED) is 0.155. The van der Waals surface area contributed by atoms with Crippen LogP contribution in [0.5, 0.6) is 5.75 Å². The second kappa shape index (κ2) is 13.9. The van der Waals surface area contributed by atoms with Crippen LogP contribution in [0.3, 0.4) is 0 Å². The molecule has 256 valence electrons. The molecule has 0 aliphatic carbocycles. The highest BCUT2D eigenvalue weighted by Crippen LogP contribution is 2.45. The predicted octanol–water partition coefficient (Wildman–Crippen LogP) is 14.3. The first-order chi connectivity index (χ1) is 24.5. The number of hydrogen-bond acceptors (Lipinski definition) is 5. The van der Waals surface area contributed by atoms with Crippen molar-refractivity contribution >= 4 is 51.1 Å². The zero-order valence-electron chi connectivity index (χ0n) is 30.1. The Bertz CT molecular complexity index is 2200. The Kier molecular flexibility index (Phi) is 9.36. The van der Waals surface area contributed by atoms with E-state index in [-0.39, 0.29) is 10.8 Å². The Morgan fingerprint density at radius 1 is 0.529 bits per heavy atom. The van der Waals surface area contributed by atoms with Gasteiger partial charge in [-0.1, -0.05) is 108 Å². The molecule has 2 heterocycles. The lowest BCUT2D eigenvalue weighted by Crippen LogP contribution is -2.17. The second-order valence-electron chi connectivity index (χ2n) is 15.0. The molecule has 0 saturated carbocycles. The van der Waals surface area contributed by atoms with Gasteiger partial charge in [-0.15, -0.1) is 22.7 Å². The fraction of sp³-hybridized carbons (Fsp3) is 0.174. The molecule has 0 radical (unpaired) electrons. The number of rotatable bonds is 8. The smallest absolute Gasteiger partial charge is 0.142 e. The molecule has 0 aliphatic heterocycles. The molecular weight excluding hydrogens is 661 g/mol. The first-order valence-electron chi connectivity index (χ1n) is 17.4. The third-order valence-electron chi connectivity index (χ3n) is 9.19. The van der Waals surface area contributed by atoms with Crippen molar-refractivity contribution in [2.75, 3.05) is 10.2 Å². The number of para-hydroxylation sites is 2. The molecule has 2 aromatic heterocycles. The maximum Gasteiger partial charge on any atom is 0.142 e. The van der Waals surface area contributed by atoms with Gasteiger partial charge in [-0.05, 0) is 106 Å². The molecule has 0 unspecified atom stereocenters. The Morgan fingerprint density at radius 3 is 1.73 bits per heavy atom. The lowest BCUT2D eigenvalue weighted by atomic mass is 9.79. The van der Waals surface area contributed by atoms with Crippen molar-refractivity contribution in [2.24, 2.45) is 0 Å². The monoisotopic (exact) mass is 704 g/mol.